The lowest BCUT2D eigenvalue weighted by atomic mass is 10.1. The molecule has 1 atom stereocenters. The molecule has 24 heavy (non-hydrogen) atoms. The van der Waals surface area contributed by atoms with Crippen LogP contribution < -0.4 is 5.32 Å². The van der Waals surface area contributed by atoms with Gasteiger partial charge in [0.2, 0.25) is 0 Å². The molecule has 0 bridgehead atoms. The van der Waals surface area contributed by atoms with Crippen LogP contribution in [0.25, 0.3) is 0 Å². The van der Waals surface area contributed by atoms with Crippen molar-refractivity contribution in [2.45, 2.75) is 13.0 Å². The highest BCUT2D eigenvalue weighted by atomic mass is 19.1. The van der Waals surface area contributed by atoms with E-state index in [1.54, 1.807) is 6.92 Å². The zero-order valence-electron chi connectivity index (χ0n) is 12.6. The maximum atomic E-state index is 13.6. The van der Waals surface area contributed by atoms with Crippen molar-refractivity contribution < 1.29 is 23.6 Å². The lowest BCUT2D eigenvalue weighted by molar-refractivity contribution is -0.384. The molecular weight excluding hydrogens is 322 g/mol. The first-order valence-corrected chi connectivity index (χ1v) is 6.96. The lowest BCUT2D eigenvalue weighted by Crippen LogP contribution is -2.29. The van der Waals surface area contributed by atoms with Gasteiger partial charge >= 0.3 is 0 Å². The van der Waals surface area contributed by atoms with Gasteiger partial charge in [0.25, 0.3) is 11.6 Å². The highest BCUT2D eigenvalue weighted by Gasteiger charge is 2.19. The van der Waals surface area contributed by atoms with E-state index in [1.165, 1.54) is 12.1 Å². The Bertz CT molecular complexity index is 775. The zero-order valence-corrected chi connectivity index (χ0v) is 12.6. The molecule has 0 radical (unpaired) electrons. The normalized spacial score (nSPS) is 11.8. The number of nitro benzene ring substituents is 1. The number of aryl methyl sites for hydroxylation is 1. The largest absolute Gasteiger partial charge is 0.386 e. The minimum atomic E-state index is -1.59. The summed E-state index contributed by atoms with van der Waals surface area (Å²) < 4.78 is 27.1. The number of carbonyl (C=O) groups is 1. The Morgan fingerprint density at radius 1 is 1.29 bits per heavy atom. The molecular formula is C16H14F2N2O4. The predicted molar refractivity (Wildman–Crippen MR) is 81.5 cm³/mol. The second-order valence-electron chi connectivity index (χ2n) is 5.18. The van der Waals surface area contributed by atoms with Crippen LogP contribution in [0.4, 0.5) is 14.5 Å². The Kier molecular flexibility index (Phi) is 5.20. The number of nitrogens with zero attached hydrogens (tertiary/aromatic N) is 1. The van der Waals surface area contributed by atoms with Gasteiger partial charge in [-0.05, 0) is 30.7 Å². The molecule has 2 aromatic carbocycles. The summed E-state index contributed by atoms with van der Waals surface area (Å²) in [5.41, 5.74) is -0.271. The second kappa shape index (κ2) is 7.14. The van der Waals surface area contributed by atoms with Crippen molar-refractivity contribution >= 4 is 11.6 Å². The van der Waals surface area contributed by atoms with E-state index in [0.717, 1.165) is 24.3 Å². The third-order valence-corrected chi connectivity index (χ3v) is 3.32. The standard InChI is InChI=1S/C16H14F2N2O4/c1-9-5-10(7-11(6-9)20(23)24)16(22)19-8-14(21)15-12(17)3-2-4-13(15)18/h2-7,14,21H,8H2,1H3,(H,19,22). The van der Waals surface area contributed by atoms with E-state index in [9.17, 15) is 28.8 Å². The SMILES string of the molecule is Cc1cc(C(=O)NCC(O)c2c(F)cccc2F)cc([N+](=O)[O-])c1. The maximum Gasteiger partial charge on any atom is 0.270 e. The van der Waals surface area contributed by atoms with Crippen LogP contribution in [0.1, 0.15) is 27.6 Å². The Balaban J connectivity index is 2.12. The summed E-state index contributed by atoms with van der Waals surface area (Å²) in [5.74, 6) is -2.55. The second-order valence-corrected chi connectivity index (χ2v) is 5.18. The number of aliphatic hydroxyl groups excluding tert-OH is 1. The van der Waals surface area contributed by atoms with E-state index in [0.29, 0.717) is 5.56 Å². The van der Waals surface area contributed by atoms with Crippen LogP contribution in [0, 0.1) is 28.7 Å². The van der Waals surface area contributed by atoms with Crippen molar-refractivity contribution in [2.75, 3.05) is 6.54 Å². The molecule has 0 saturated heterocycles. The van der Waals surface area contributed by atoms with Gasteiger partial charge in [0, 0.05) is 24.2 Å². The van der Waals surface area contributed by atoms with Crippen LogP contribution in [0.5, 0.6) is 0 Å². The average Bonchev–Trinajstić information content (AvgIpc) is 2.51. The van der Waals surface area contributed by atoms with Crippen LogP contribution in [0.15, 0.2) is 36.4 Å². The number of hydrogen-bond donors (Lipinski definition) is 2. The van der Waals surface area contributed by atoms with Gasteiger partial charge in [-0.1, -0.05) is 6.07 Å². The molecule has 2 rings (SSSR count). The van der Waals surface area contributed by atoms with Gasteiger partial charge in [-0.3, -0.25) is 14.9 Å². The third kappa shape index (κ3) is 3.90. The van der Waals surface area contributed by atoms with Gasteiger partial charge in [-0.25, -0.2) is 8.78 Å². The summed E-state index contributed by atoms with van der Waals surface area (Å²) in [6.07, 6.45) is -1.59. The van der Waals surface area contributed by atoms with Gasteiger partial charge in [0.05, 0.1) is 10.5 Å². The molecule has 8 heteroatoms. The van der Waals surface area contributed by atoms with E-state index in [4.69, 9.17) is 0 Å². The molecule has 0 saturated carbocycles. The summed E-state index contributed by atoms with van der Waals surface area (Å²) >= 11 is 0. The molecule has 1 unspecified atom stereocenters. The van der Waals surface area contributed by atoms with Crippen molar-refractivity contribution in [3.63, 3.8) is 0 Å². The summed E-state index contributed by atoms with van der Waals surface area (Å²) in [7, 11) is 0. The van der Waals surface area contributed by atoms with Crippen LogP contribution >= 0.6 is 0 Å². The van der Waals surface area contributed by atoms with Crippen molar-refractivity contribution in [3.8, 4) is 0 Å². The summed E-state index contributed by atoms with van der Waals surface area (Å²) in [6.45, 7) is 1.14. The Morgan fingerprint density at radius 3 is 2.50 bits per heavy atom. The Hall–Kier alpha value is -2.87. The van der Waals surface area contributed by atoms with Crippen LogP contribution in [0.2, 0.25) is 0 Å². The van der Waals surface area contributed by atoms with Gasteiger partial charge in [-0.2, -0.15) is 0 Å². The molecule has 2 aromatic rings. The number of nitrogens with one attached hydrogen (secondary N) is 1. The molecule has 0 aromatic heterocycles. The summed E-state index contributed by atoms with van der Waals surface area (Å²) in [4.78, 5) is 22.2. The van der Waals surface area contributed by atoms with Crippen LogP contribution in [-0.2, 0) is 0 Å². The van der Waals surface area contributed by atoms with Crippen LogP contribution in [0.3, 0.4) is 0 Å². The molecule has 126 valence electrons. The Morgan fingerprint density at radius 2 is 1.92 bits per heavy atom. The number of nitro groups is 1. The highest BCUT2D eigenvalue weighted by Crippen LogP contribution is 2.20. The lowest BCUT2D eigenvalue weighted by Gasteiger charge is -2.14. The first-order valence-electron chi connectivity index (χ1n) is 6.96. The first kappa shape index (κ1) is 17.5. The van der Waals surface area contributed by atoms with Crippen molar-refractivity contribution in [1.29, 1.82) is 0 Å². The number of rotatable bonds is 5. The molecule has 0 fully saturated rings. The maximum absolute atomic E-state index is 13.6. The number of carbonyl (C=O) groups excluding carboxylic acids is 1. The predicted octanol–water partition coefficient (Wildman–Crippen LogP) is 2.64. The third-order valence-electron chi connectivity index (χ3n) is 3.32. The van der Waals surface area contributed by atoms with Crippen molar-refractivity contribution in [1.82, 2.24) is 5.32 Å². The number of halogens is 2. The molecule has 0 spiro atoms. The number of amides is 1. The molecule has 6 nitrogen and oxygen atoms in total. The van der Waals surface area contributed by atoms with Gasteiger partial charge in [-0.15, -0.1) is 0 Å². The first-order chi connectivity index (χ1) is 11.3. The smallest absolute Gasteiger partial charge is 0.270 e. The molecule has 2 N–H and O–H groups in total. The average molecular weight is 336 g/mol. The number of non-ortho nitro benzene ring substituents is 1. The van der Waals surface area contributed by atoms with Gasteiger partial charge in [0.15, 0.2) is 0 Å². The zero-order chi connectivity index (χ0) is 17.9. The van der Waals surface area contributed by atoms with E-state index in [2.05, 4.69) is 5.32 Å². The highest BCUT2D eigenvalue weighted by molar-refractivity contribution is 5.95. The van der Waals surface area contributed by atoms with Crippen LogP contribution in [-0.4, -0.2) is 22.5 Å². The molecule has 0 aliphatic heterocycles. The topological polar surface area (TPSA) is 92.5 Å². The minimum Gasteiger partial charge on any atom is -0.386 e. The van der Waals surface area contributed by atoms with E-state index >= 15 is 0 Å². The van der Waals surface area contributed by atoms with E-state index < -0.39 is 40.7 Å². The summed E-state index contributed by atoms with van der Waals surface area (Å²) in [5, 5.41) is 23.0. The number of benzene rings is 2. The quantitative estimate of drug-likeness (QED) is 0.648. The fraction of sp³-hybridized carbons (Fsp3) is 0.188. The molecule has 1 amide bonds. The van der Waals surface area contributed by atoms with Gasteiger partial charge in [0.1, 0.15) is 17.7 Å². The minimum absolute atomic E-state index is 0.0166. The monoisotopic (exact) mass is 336 g/mol. The van der Waals surface area contributed by atoms with E-state index in [-0.39, 0.29) is 11.3 Å². The fourth-order valence-electron chi connectivity index (χ4n) is 2.22. The fourth-order valence-corrected chi connectivity index (χ4v) is 2.22. The van der Waals surface area contributed by atoms with E-state index in [1.807, 2.05) is 0 Å². The number of aliphatic hydroxyl groups is 1. The summed E-state index contributed by atoms with van der Waals surface area (Å²) in [6, 6.07) is 6.96. The van der Waals surface area contributed by atoms with Gasteiger partial charge < -0.3 is 10.4 Å². The van der Waals surface area contributed by atoms with Crippen molar-refractivity contribution in [3.05, 3.63) is 74.8 Å². The molecule has 0 aliphatic rings. The molecule has 0 aliphatic carbocycles. The molecule has 0 heterocycles. The van der Waals surface area contributed by atoms with Crippen molar-refractivity contribution in [2.24, 2.45) is 0 Å². The number of hydrogen-bond acceptors (Lipinski definition) is 4. The Labute approximate surface area is 135 Å².